The molecule has 1 fully saturated rings. The molecule has 1 saturated carbocycles. The van der Waals surface area contributed by atoms with Gasteiger partial charge in [-0.15, -0.1) is 0 Å². The van der Waals surface area contributed by atoms with Crippen LogP contribution in [0.25, 0.3) is 0 Å². The summed E-state index contributed by atoms with van der Waals surface area (Å²) in [7, 11) is 0. The third kappa shape index (κ3) is 3.27. The maximum Gasteiger partial charge on any atom is 0.240 e. The summed E-state index contributed by atoms with van der Waals surface area (Å²) in [6.45, 7) is 5.79. The Morgan fingerprint density at radius 3 is 1.96 bits per heavy atom. The van der Waals surface area contributed by atoms with Crippen LogP contribution in [0.3, 0.4) is 0 Å². The van der Waals surface area contributed by atoms with E-state index in [1.807, 2.05) is 39.0 Å². The Bertz CT molecular complexity index is 789. The molecule has 2 aromatic carbocycles. The van der Waals surface area contributed by atoms with Crippen molar-refractivity contribution in [2.24, 2.45) is 5.41 Å². The first-order valence-corrected chi connectivity index (χ1v) is 8.67. The minimum absolute atomic E-state index is 0.251. The number of carbonyl (C=O) groups excluding carboxylic acids is 2. The van der Waals surface area contributed by atoms with Crippen LogP contribution in [0, 0.1) is 26.2 Å². The number of hydrogen-bond donors (Lipinski definition) is 2. The number of anilines is 2. The highest BCUT2D eigenvalue weighted by atomic mass is 35.5. The Morgan fingerprint density at radius 1 is 0.880 bits per heavy atom. The van der Waals surface area contributed by atoms with Crippen molar-refractivity contribution in [3.63, 3.8) is 0 Å². The van der Waals surface area contributed by atoms with E-state index in [-0.39, 0.29) is 11.8 Å². The van der Waals surface area contributed by atoms with Crippen molar-refractivity contribution in [1.29, 1.82) is 0 Å². The SMILES string of the molecule is Cc1cccc(NC(=O)C2(C(=O)Nc3cccc(Cl)c3C)CC2)c1C. The molecule has 0 bridgehead atoms. The van der Waals surface area contributed by atoms with E-state index >= 15 is 0 Å². The van der Waals surface area contributed by atoms with Crippen LogP contribution < -0.4 is 10.6 Å². The highest BCUT2D eigenvalue weighted by Gasteiger charge is 2.56. The van der Waals surface area contributed by atoms with Crippen LogP contribution >= 0.6 is 11.6 Å². The largest absolute Gasteiger partial charge is 0.325 e. The van der Waals surface area contributed by atoms with Crippen LogP contribution in [0.2, 0.25) is 5.02 Å². The predicted molar refractivity (Wildman–Crippen MR) is 101 cm³/mol. The van der Waals surface area contributed by atoms with E-state index < -0.39 is 5.41 Å². The molecule has 5 heteroatoms. The van der Waals surface area contributed by atoms with E-state index in [1.165, 1.54) is 0 Å². The van der Waals surface area contributed by atoms with Gasteiger partial charge in [0, 0.05) is 16.4 Å². The second kappa shape index (κ2) is 6.52. The molecule has 0 atom stereocenters. The zero-order valence-electron chi connectivity index (χ0n) is 14.6. The molecule has 0 saturated heterocycles. The van der Waals surface area contributed by atoms with Gasteiger partial charge in [-0.3, -0.25) is 9.59 Å². The van der Waals surface area contributed by atoms with Crippen LogP contribution in [0.15, 0.2) is 36.4 Å². The zero-order chi connectivity index (χ0) is 18.2. The second-order valence-electron chi connectivity index (χ2n) is 6.65. The molecule has 1 aliphatic carbocycles. The number of amides is 2. The lowest BCUT2D eigenvalue weighted by Gasteiger charge is -2.18. The van der Waals surface area contributed by atoms with Gasteiger partial charge in [0.15, 0.2) is 0 Å². The van der Waals surface area contributed by atoms with Gasteiger partial charge in [-0.1, -0.05) is 29.8 Å². The molecular formula is C20H21ClN2O2. The fourth-order valence-electron chi connectivity index (χ4n) is 2.80. The summed E-state index contributed by atoms with van der Waals surface area (Å²) in [5.74, 6) is -0.529. The summed E-state index contributed by atoms with van der Waals surface area (Å²) in [4.78, 5) is 25.5. The molecule has 2 amide bonds. The Labute approximate surface area is 152 Å². The monoisotopic (exact) mass is 356 g/mol. The van der Waals surface area contributed by atoms with E-state index in [1.54, 1.807) is 18.2 Å². The number of rotatable bonds is 4. The number of carbonyl (C=O) groups is 2. The van der Waals surface area contributed by atoms with Crippen LogP contribution in [0.4, 0.5) is 11.4 Å². The summed E-state index contributed by atoms with van der Waals surface area (Å²) >= 11 is 6.10. The molecule has 0 aromatic heterocycles. The first kappa shape index (κ1) is 17.5. The van der Waals surface area contributed by atoms with E-state index in [9.17, 15) is 9.59 Å². The molecule has 2 aromatic rings. The van der Waals surface area contributed by atoms with Crippen LogP contribution in [0.5, 0.6) is 0 Å². The lowest BCUT2D eigenvalue weighted by molar-refractivity contribution is -0.131. The van der Waals surface area contributed by atoms with E-state index in [0.29, 0.717) is 23.6 Å². The van der Waals surface area contributed by atoms with Gasteiger partial charge in [0.1, 0.15) is 5.41 Å². The number of benzene rings is 2. The number of nitrogens with one attached hydrogen (secondary N) is 2. The van der Waals surface area contributed by atoms with Crippen molar-refractivity contribution in [3.05, 3.63) is 58.1 Å². The van der Waals surface area contributed by atoms with Crippen molar-refractivity contribution in [2.75, 3.05) is 10.6 Å². The number of halogens is 1. The van der Waals surface area contributed by atoms with Crippen molar-refractivity contribution in [2.45, 2.75) is 33.6 Å². The maximum absolute atomic E-state index is 12.7. The smallest absolute Gasteiger partial charge is 0.240 e. The fourth-order valence-corrected chi connectivity index (χ4v) is 2.97. The first-order valence-electron chi connectivity index (χ1n) is 8.29. The van der Waals surface area contributed by atoms with E-state index in [0.717, 1.165) is 22.4 Å². The average molecular weight is 357 g/mol. The van der Waals surface area contributed by atoms with Crippen LogP contribution in [-0.2, 0) is 9.59 Å². The summed E-state index contributed by atoms with van der Waals surface area (Å²) in [5.41, 5.74) is 3.30. The standard InChI is InChI=1S/C20H21ClN2O2/c1-12-6-4-8-16(13(12)2)22-18(24)20(10-11-20)19(25)23-17-9-5-7-15(21)14(17)3/h4-9H,10-11H2,1-3H3,(H,22,24)(H,23,25). The van der Waals surface area contributed by atoms with Crippen molar-refractivity contribution in [3.8, 4) is 0 Å². The van der Waals surface area contributed by atoms with Gasteiger partial charge in [0.25, 0.3) is 0 Å². The third-order valence-corrected chi connectivity index (χ3v) is 5.40. The highest BCUT2D eigenvalue weighted by molar-refractivity contribution is 6.31. The average Bonchev–Trinajstić information content (AvgIpc) is 3.38. The van der Waals surface area contributed by atoms with Crippen molar-refractivity contribution >= 4 is 34.8 Å². The Balaban J connectivity index is 1.77. The van der Waals surface area contributed by atoms with Gasteiger partial charge in [-0.05, 0) is 68.5 Å². The minimum atomic E-state index is -0.995. The van der Waals surface area contributed by atoms with Gasteiger partial charge in [0.2, 0.25) is 11.8 Å². The zero-order valence-corrected chi connectivity index (χ0v) is 15.3. The lowest BCUT2D eigenvalue weighted by Crippen LogP contribution is -2.36. The fraction of sp³-hybridized carbons (Fsp3) is 0.300. The van der Waals surface area contributed by atoms with Crippen LogP contribution in [-0.4, -0.2) is 11.8 Å². The van der Waals surface area contributed by atoms with Crippen molar-refractivity contribution < 1.29 is 9.59 Å². The lowest BCUT2D eigenvalue weighted by atomic mass is 10.0. The highest BCUT2D eigenvalue weighted by Crippen LogP contribution is 2.48. The molecule has 3 rings (SSSR count). The number of hydrogen-bond acceptors (Lipinski definition) is 2. The molecule has 1 aliphatic rings. The molecule has 25 heavy (non-hydrogen) atoms. The third-order valence-electron chi connectivity index (χ3n) is 4.99. The Hall–Kier alpha value is -2.33. The summed E-state index contributed by atoms with van der Waals surface area (Å²) in [5, 5.41) is 6.37. The van der Waals surface area contributed by atoms with Gasteiger partial charge in [-0.25, -0.2) is 0 Å². The van der Waals surface area contributed by atoms with Crippen LogP contribution in [0.1, 0.15) is 29.5 Å². The molecule has 4 nitrogen and oxygen atoms in total. The van der Waals surface area contributed by atoms with E-state index in [2.05, 4.69) is 10.6 Å². The topological polar surface area (TPSA) is 58.2 Å². The number of aryl methyl sites for hydroxylation is 1. The summed E-state index contributed by atoms with van der Waals surface area (Å²) in [6, 6.07) is 11.1. The molecule has 0 spiro atoms. The molecule has 0 aliphatic heterocycles. The molecule has 2 N–H and O–H groups in total. The Kier molecular flexibility index (Phi) is 4.56. The quantitative estimate of drug-likeness (QED) is 0.785. The summed E-state index contributed by atoms with van der Waals surface area (Å²) in [6.07, 6.45) is 1.10. The van der Waals surface area contributed by atoms with Gasteiger partial charge in [-0.2, -0.15) is 0 Å². The van der Waals surface area contributed by atoms with E-state index in [4.69, 9.17) is 11.6 Å². The Morgan fingerprint density at radius 2 is 1.40 bits per heavy atom. The molecule has 0 unspecified atom stereocenters. The van der Waals surface area contributed by atoms with Gasteiger partial charge < -0.3 is 10.6 Å². The predicted octanol–water partition coefficient (Wildman–Crippen LogP) is 4.62. The normalized spacial score (nSPS) is 14.7. The van der Waals surface area contributed by atoms with Gasteiger partial charge >= 0.3 is 0 Å². The molecule has 130 valence electrons. The second-order valence-corrected chi connectivity index (χ2v) is 7.06. The van der Waals surface area contributed by atoms with Crippen molar-refractivity contribution in [1.82, 2.24) is 0 Å². The molecule has 0 heterocycles. The minimum Gasteiger partial charge on any atom is -0.325 e. The molecule has 0 radical (unpaired) electrons. The van der Waals surface area contributed by atoms with Gasteiger partial charge in [0.05, 0.1) is 0 Å². The first-order chi connectivity index (χ1) is 11.8. The maximum atomic E-state index is 12.7. The molecular weight excluding hydrogens is 336 g/mol. The summed E-state index contributed by atoms with van der Waals surface area (Å²) < 4.78 is 0.